The minimum absolute atomic E-state index is 0.0134. The van der Waals surface area contributed by atoms with Gasteiger partial charge in [0.25, 0.3) is 0 Å². The summed E-state index contributed by atoms with van der Waals surface area (Å²) in [5.41, 5.74) is 14.5. The zero-order valence-corrected chi connectivity index (χ0v) is 10.7. The van der Waals surface area contributed by atoms with Crippen LogP contribution in [0.2, 0.25) is 0 Å². The quantitative estimate of drug-likeness (QED) is 0.376. The first-order valence-electron chi connectivity index (χ1n) is 6.20. The first-order valence-corrected chi connectivity index (χ1v) is 6.20. The average Bonchev–Trinajstić information content (AvgIpc) is 2.36. The van der Waals surface area contributed by atoms with E-state index in [1.165, 1.54) is 0 Å². The van der Waals surface area contributed by atoms with Crippen LogP contribution in [0.5, 0.6) is 5.75 Å². The number of phenolic OH excluding ortho intramolecular Hbond substituents is 1. The predicted molar refractivity (Wildman–Crippen MR) is 72.5 cm³/mol. The van der Waals surface area contributed by atoms with E-state index in [0.717, 1.165) is 23.1 Å². The fourth-order valence-electron chi connectivity index (χ4n) is 2.27. The van der Waals surface area contributed by atoms with Crippen LogP contribution in [0.3, 0.4) is 0 Å². The highest BCUT2D eigenvalue weighted by Gasteiger charge is 2.19. The van der Waals surface area contributed by atoms with E-state index in [9.17, 15) is 5.11 Å². The molecule has 0 saturated heterocycles. The lowest BCUT2D eigenvalue weighted by atomic mass is 9.90. The van der Waals surface area contributed by atoms with Crippen LogP contribution in [0.15, 0.2) is 0 Å². The summed E-state index contributed by atoms with van der Waals surface area (Å²) in [6.07, 6.45) is 2.31. The molecule has 0 aliphatic heterocycles. The van der Waals surface area contributed by atoms with Crippen LogP contribution in [-0.2, 0) is 19.3 Å². The Labute approximate surface area is 107 Å². The standard InChI is InChI=1S/C13H22N2O3/c1-2-3-10-8(4-6-16)9(5-7-17)11(14)12(15)13(10)18/h16-18H,2-7,14-15H2,1H3. The van der Waals surface area contributed by atoms with Gasteiger partial charge < -0.3 is 26.8 Å². The van der Waals surface area contributed by atoms with Gasteiger partial charge in [-0.1, -0.05) is 13.3 Å². The van der Waals surface area contributed by atoms with Crippen molar-refractivity contribution in [3.63, 3.8) is 0 Å². The highest BCUT2D eigenvalue weighted by atomic mass is 16.3. The highest BCUT2D eigenvalue weighted by molar-refractivity contribution is 5.78. The topological polar surface area (TPSA) is 113 Å². The number of nitrogens with two attached hydrogens (primary N) is 2. The number of hydrogen-bond donors (Lipinski definition) is 5. The Hall–Kier alpha value is -1.46. The smallest absolute Gasteiger partial charge is 0.144 e. The number of rotatable bonds is 6. The number of aliphatic hydroxyl groups is 2. The summed E-state index contributed by atoms with van der Waals surface area (Å²) < 4.78 is 0. The van der Waals surface area contributed by atoms with E-state index < -0.39 is 0 Å². The Balaban J connectivity index is 3.46. The number of benzene rings is 1. The van der Waals surface area contributed by atoms with E-state index in [0.29, 0.717) is 24.9 Å². The van der Waals surface area contributed by atoms with E-state index in [4.69, 9.17) is 21.7 Å². The molecule has 0 heterocycles. The molecule has 0 radical (unpaired) electrons. The molecule has 18 heavy (non-hydrogen) atoms. The van der Waals surface area contributed by atoms with Gasteiger partial charge in [-0.25, -0.2) is 0 Å². The molecule has 0 aliphatic rings. The van der Waals surface area contributed by atoms with Crippen LogP contribution >= 0.6 is 0 Å². The molecule has 0 atom stereocenters. The summed E-state index contributed by atoms with van der Waals surface area (Å²) in [7, 11) is 0. The Morgan fingerprint density at radius 3 is 1.89 bits per heavy atom. The Morgan fingerprint density at radius 2 is 1.39 bits per heavy atom. The van der Waals surface area contributed by atoms with Crippen molar-refractivity contribution in [1.29, 1.82) is 0 Å². The minimum atomic E-state index is -0.0432. The van der Waals surface area contributed by atoms with E-state index in [2.05, 4.69) is 0 Å². The molecule has 0 fully saturated rings. The number of anilines is 2. The number of phenols is 1. The van der Waals surface area contributed by atoms with Gasteiger partial charge in [0.1, 0.15) is 5.75 Å². The van der Waals surface area contributed by atoms with Crippen LogP contribution in [0, 0.1) is 0 Å². The third kappa shape index (κ3) is 2.68. The van der Waals surface area contributed by atoms with E-state index in [-0.39, 0.29) is 24.7 Å². The van der Waals surface area contributed by atoms with Gasteiger partial charge in [-0.3, -0.25) is 0 Å². The lowest BCUT2D eigenvalue weighted by Gasteiger charge is -2.20. The van der Waals surface area contributed by atoms with Crippen molar-refractivity contribution in [2.75, 3.05) is 24.7 Å². The van der Waals surface area contributed by atoms with Gasteiger partial charge in [0.15, 0.2) is 0 Å². The van der Waals surface area contributed by atoms with E-state index in [1.807, 2.05) is 6.92 Å². The normalized spacial score (nSPS) is 10.8. The van der Waals surface area contributed by atoms with Crippen molar-refractivity contribution in [1.82, 2.24) is 0 Å². The Kier molecular flexibility index (Phi) is 5.25. The average molecular weight is 254 g/mol. The zero-order valence-electron chi connectivity index (χ0n) is 10.7. The van der Waals surface area contributed by atoms with E-state index >= 15 is 0 Å². The summed E-state index contributed by atoms with van der Waals surface area (Å²) in [4.78, 5) is 0. The zero-order chi connectivity index (χ0) is 13.7. The van der Waals surface area contributed by atoms with Crippen molar-refractivity contribution in [2.45, 2.75) is 32.6 Å². The second-order valence-corrected chi connectivity index (χ2v) is 4.31. The van der Waals surface area contributed by atoms with Crippen LogP contribution < -0.4 is 11.5 Å². The second kappa shape index (κ2) is 6.47. The van der Waals surface area contributed by atoms with Crippen molar-refractivity contribution in [3.8, 4) is 5.75 Å². The van der Waals surface area contributed by atoms with Gasteiger partial charge in [0.05, 0.1) is 11.4 Å². The van der Waals surface area contributed by atoms with E-state index in [1.54, 1.807) is 0 Å². The van der Waals surface area contributed by atoms with Crippen molar-refractivity contribution < 1.29 is 15.3 Å². The molecule has 0 spiro atoms. The molecule has 5 heteroatoms. The summed E-state index contributed by atoms with van der Waals surface area (Å²) in [6, 6.07) is 0. The monoisotopic (exact) mass is 254 g/mol. The summed E-state index contributed by atoms with van der Waals surface area (Å²) in [5.74, 6) is 0.0134. The number of aromatic hydroxyl groups is 1. The van der Waals surface area contributed by atoms with Gasteiger partial charge in [-0.2, -0.15) is 0 Å². The second-order valence-electron chi connectivity index (χ2n) is 4.31. The van der Waals surface area contributed by atoms with Gasteiger partial charge in [0, 0.05) is 13.2 Å². The van der Waals surface area contributed by atoms with Crippen LogP contribution in [0.1, 0.15) is 30.0 Å². The summed E-state index contributed by atoms with van der Waals surface area (Å²) in [6.45, 7) is 1.93. The van der Waals surface area contributed by atoms with Crippen LogP contribution in [-0.4, -0.2) is 28.5 Å². The maximum Gasteiger partial charge on any atom is 0.144 e. The fourth-order valence-corrected chi connectivity index (χ4v) is 2.27. The number of nitrogen functional groups attached to an aromatic ring is 2. The SMILES string of the molecule is CCCc1c(O)c(N)c(N)c(CCO)c1CCO. The molecule has 1 rings (SSSR count). The fraction of sp³-hybridized carbons (Fsp3) is 0.538. The predicted octanol–water partition coefficient (Wildman–Crippen LogP) is 0.579. The molecule has 7 N–H and O–H groups in total. The largest absolute Gasteiger partial charge is 0.505 e. The molecular formula is C13H22N2O3. The number of hydrogen-bond acceptors (Lipinski definition) is 5. The molecule has 1 aromatic rings. The Morgan fingerprint density at radius 1 is 0.833 bits per heavy atom. The molecular weight excluding hydrogens is 232 g/mol. The summed E-state index contributed by atoms with van der Waals surface area (Å²) in [5, 5.41) is 28.3. The first-order chi connectivity index (χ1) is 8.58. The molecule has 0 aromatic heterocycles. The maximum atomic E-state index is 10.1. The van der Waals surface area contributed by atoms with Gasteiger partial charge in [-0.15, -0.1) is 0 Å². The first kappa shape index (κ1) is 14.6. The van der Waals surface area contributed by atoms with Crippen LogP contribution in [0.4, 0.5) is 11.4 Å². The van der Waals surface area contributed by atoms with Crippen molar-refractivity contribution >= 4 is 11.4 Å². The minimum Gasteiger partial charge on any atom is -0.505 e. The molecule has 0 unspecified atom stereocenters. The molecule has 102 valence electrons. The van der Waals surface area contributed by atoms with Crippen LogP contribution in [0.25, 0.3) is 0 Å². The van der Waals surface area contributed by atoms with Crippen molar-refractivity contribution in [3.05, 3.63) is 16.7 Å². The molecule has 1 aromatic carbocycles. The third-order valence-corrected chi connectivity index (χ3v) is 3.11. The van der Waals surface area contributed by atoms with Crippen molar-refractivity contribution in [2.24, 2.45) is 0 Å². The summed E-state index contributed by atoms with van der Waals surface area (Å²) >= 11 is 0. The molecule has 0 amide bonds. The highest BCUT2D eigenvalue weighted by Crippen LogP contribution is 2.38. The molecule has 0 saturated carbocycles. The van der Waals surface area contributed by atoms with Gasteiger partial charge in [0.2, 0.25) is 0 Å². The van der Waals surface area contributed by atoms with Gasteiger partial charge >= 0.3 is 0 Å². The lowest BCUT2D eigenvalue weighted by molar-refractivity contribution is 0.292. The Bertz CT molecular complexity index is 386. The lowest BCUT2D eigenvalue weighted by Crippen LogP contribution is -2.11. The molecule has 0 bridgehead atoms. The number of aliphatic hydroxyl groups excluding tert-OH is 2. The third-order valence-electron chi connectivity index (χ3n) is 3.11. The molecule has 5 nitrogen and oxygen atoms in total. The molecule has 0 aliphatic carbocycles. The maximum absolute atomic E-state index is 10.1. The van der Waals surface area contributed by atoms with Gasteiger partial charge in [-0.05, 0) is 36.0 Å².